The van der Waals surface area contributed by atoms with E-state index >= 15 is 0 Å². The lowest BCUT2D eigenvalue weighted by Crippen LogP contribution is -2.66. The summed E-state index contributed by atoms with van der Waals surface area (Å²) in [7, 11) is 0. The predicted molar refractivity (Wildman–Crippen MR) is 282 cm³/mol. The molecule has 3 aliphatic rings. The van der Waals surface area contributed by atoms with E-state index in [1.54, 1.807) is 6.08 Å². The van der Waals surface area contributed by atoms with Gasteiger partial charge in [0.15, 0.2) is 18.9 Å². The Morgan fingerprint density at radius 1 is 0.467 bits per heavy atom. The van der Waals surface area contributed by atoms with Gasteiger partial charge >= 0.3 is 0 Å². The molecule has 3 rings (SSSR count). The maximum absolute atomic E-state index is 13.3. The number of ether oxygens (including phenoxy) is 6. The van der Waals surface area contributed by atoms with Crippen molar-refractivity contribution in [3.63, 3.8) is 0 Å². The second-order valence-electron chi connectivity index (χ2n) is 21.5. The summed E-state index contributed by atoms with van der Waals surface area (Å²) in [6.45, 7) is 1.67. The van der Waals surface area contributed by atoms with Crippen LogP contribution in [0, 0.1) is 0 Å². The highest BCUT2D eigenvalue weighted by Crippen LogP contribution is 2.33. The minimum atomic E-state index is -1.97. The summed E-state index contributed by atoms with van der Waals surface area (Å²) in [6, 6.07) is -0.964. The fraction of sp³-hybridized carbons (Fsp3) is 0.946. The Hall–Kier alpha value is -1.47. The second-order valence-corrected chi connectivity index (χ2v) is 21.5. The number of unbranched alkanes of at least 4 members (excludes halogenated alkanes) is 27. The summed E-state index contributed by atoms with van der Waals surface area (Å²) in [6.07, 6.45) is 12.4. The molecule has 75 heavy (non-hydrogen) atoms. The summed E-state index contributed by atoms with van der Waals surface area (Å²) in [5.41, 5.74) is 0. The number of nitrogens with one attached hydrogen (secondary N) is 1. The molecule has 19 nitrogen and oxygen atoms in total. The molecule has 1 amide bonds. The quantitative estimate of drug-likeness (QED) is 0.0293. The molecule has 0 saturated carbocycles. The van der Waals surface area contributed by atoms with E-state index in [2.05, 4.69) is 19.2 Å². The molecule has 17 unspecified atom stereocenters. The maximum atomic E-state index is 13.3. The minimum Gasteiger partial charge on any atom is -0.394 e. The van der Waals surface area contributed by atoms with Crippen LogP contribution in [0.4, 0.5) is 0 Å². The molecule has 0 aromatic carbocycles. The third-order valence-corrected chi connectivity index (χ3v) is 15.1. The molecule has 12 N–H and O–H groups in total. The first-order chi connectivity index (χ1) is 36.3. The molecule has 0 radical (unpaired) electrons. The van der Waals surface area contributed by atoms with Crippen molar-refractivity contribution in [2.24, 2.45) is 0 Å². The van der Waals surface area contributed by atoms with E-state index in [1.165, 1.54) is 128 Å². The molecule has 3 fully saturated rings. The van der Waals surface area contributed by atoms with E-state index in [0.717, 1.165) is 51.4 Å². The lowest BCUT2D eigenvalue weighted by Gasteiger charge is -2.48. The average Bonchev–Trinajstić information content (AvgIpc) is 3.41. The van der Waals surface area contributed by atoms with Gasteiger partial charge in [-0.3, -0.25) is 4.79 Å². The van der Waals surface area contributed by atoms with Crippen molar-refractivity contribution >= 4 is 5.91 Å². The molecule has 3 heterocycles. The van der Waals surface area contributed by atoms with Gasteiger partial charge in [0, 0.05) is 6.42 Å². The second kappa shape index (κ2) is 40.7. The zero-order valence-electron chi connectivity index (χ0n) is 45.8. The molecule has 3 saturated heterocycles. The number of hydrogen-bond acceptors (Lipinski definition) is 18. The number of aliphatic hydroxyl groups is 11. The highest BCUT2D eigenvalue weighted by molar-refractivity contribution is 5.76. The van der Waals surface area contributed by atoms with Gasteiger partial charge in [0.25, 0.3) is 0 Å². The van der Waals surface area contributed by atoms with Crippen LogP contribution in [0.15, 0.2) is 12.2 Å². The lowest BCUT2D eigenvalue weighted by molar-refractivity contribution is -0.379. The van der Waals surface area contributed by atoms with E-state index in [9.17, 15) is 61.0 Å². The standard InChI is InChI=1S/C56H105NO18/c1-3-5-7-9-11-13-14-15-16-17-18-19-20-21-22-23-24-25-26-28-30-32-34-44(62)57-39(40(61)33-31-29-27-12-10-8-6-4-2)38-70-54-50(68)47(65)52(42(36-59)72-54)75-56-51(69)48(66)53(43(37-60)73-56)74-55-49(67)46(64)45(63)41(35-58)71-55/h31,33,39-43,45-56,58-61,63-69H,3-30,32,34-38H2,1-2H3,(H,57,62)/b33-31+. The smallest absolute Gasteiger partial charge is 0.220 e. The number of aliphatic hydroxyl groups excluding tert-OH is 11. The highest BCUT2D eigenvalue weighted by atomic mass is 16.8. The van der Waals surface area contributed by atoms with Crippen molar-refractivity contribution in [1.82, 2.24) is 5.32 Å². The summed E-state index contributed by atoms with van der Waals surface area (Å²) < 4.78 is 34.1. The first kappa shape index (κ1) is 67.8. The van der Waals surface area contributed by atoms with Gasteiger partial charge in [0.1, 0.15) is 73.2 Å². The van der Waals surface area contributed by atoms with Crippen LogP contribution >= 0.6 is 0 Å². The van der Waals surface area contributed by atoms with Crippen LogP contribution in [0.1, 0.15) is 206 Å². The van der Waals surface area contributed by atoms with Crippen LogP contribution in [0.2, 0.25) is 0 Å². The van der Waals surface area contributed by atoms with Crippen molar-refractivity contribution in [2.45, 2.75) is 311 Å². The molecule has 3 aliphatic heterocycles. The van der Waals surface area contributed by atoms with Gasteiger partial charge in [-0.2, -0.15) is 0 Å². The molecule has 0 spiro atoms. The largest absolute Gasteiger partial charge is 0.394 e. The maximum Gasteiger partial charge on any atom is 0.220 e. The summed E-state index contributed by atoms with van der Waals surface area (Å²) >= 11 is 0. The molecule has 19 heteroatoms. The topological polar surface area (TPSA) is 307 Å². The summed E-state index contributed by atoms with van der Waals surface area (Å²) in [5.74, 6) is -0.276. The minimum absolute atomic E-state index is 0.248. The van der Waals surface area contributed by atoms with Gasteiger partial charge in [-0.25, -0.2) is 0 Å². The summed E-state index contributed by atoms with van der Waals surface area (Å²) in [5, 5.41) is 120. The molecule has 0 aromatic rings. The van der Waals surface area contributed by atoms with Crippen molar-refractivity contribution in [2.75, 3.05) is 26.4 Å². The third kappa shape index (κ3) is 25.3. The fourth-order valence-electron chi connectivity index (χ4n) is 10.2. The molecular formula is C56H105NO18. The Morgan fingerprint density at radius 2 is 0.827 bits per heavy atom. The number of carbonyl (C=O) groups is 1. The monoisotopic (exact) mass is 1080 g/mol. The number of amides is 1. The van der Waals surface area contributed by atoms with E-state index in [4.69, 9.17) is 28.4 Å². The Morgan fingerprint density at radius 3 is 1.25 bits per heavy atom. The predicted octanol–water partition coefficient (Wildman–Crippen LogP) is 4.60. The first-order valence-electron chi connectivity index (χ1n) is 29.4. The van der Waals surface area contributed by atoms with Crippen molar-refractivity contribution in [3.8, 4) is 0 Å². The molecule has 17 atom stereocenters. The molecule has 0 aromatic heterocycles. The Kier molecular flexibility index (Phi) is 36.8. The van der Waals surface area contributed by atoms with Crippen LogP contribution in [0.5, 0.6) is 0 Å². The van der Waals surface area contributed by atoms with Crippen molar-refractivity contribution < 1.29 is 89.4 Å². The number of rotatable bonds is 43. The number of allylic oxidation sites excluding steroid dienone is 1. The zero-order valence-corrected chi connectivity index (χ0v) is 45.8. The van der Waals surface area contributed by atoms with E-state index in [-0.39, 0.29) is 18.9 Å². The molecule has 442 valence electrons. The zero-order chi connectivity index (χ0) is 54.8. The van der Waals surface area contributed by atoms with E-state index in [1.807, 2.05) is 6.08 Å². The van der Waals surface area contributed by atoms with Crippen LogP contribution in [0.3, 0.4) is 0 Å². The van der Waals surface area contributed by atoms with Gasteiger partial charge in [-0.05, 0) is 19.3 Å². The van der Waals surface area contributed by atoms with E-state index < -0.39 is 124 Å². The third-order valence-electron chi connectivity index (χ3n) is 15.1. The number of hydrogen-bond donors (Lipinski definition) is 12. The van der Waals surface area contributed by atoms with Gasteiger partial charge in [0.05, 0.1) is 38.6 Å². The Balaban J connectivity index is 1.44. The van der Waals surface area contributed by atoms with Crippen LogP contribution in [0.25, 0.3) is 0 Å². The highest BCUT2D eigenvalue weighted by Gasteiger charge is 2.53. The van der Waals surface area contributed by atoms with Crippen LogP contribution in [-0.2, 0) is 33.2 Å². The molecule has 0 bridgehead atoms. The van der Waals surface area contributed by atoms with Gasteiger partial charge in [-0.1, -0.05) is 193 Å². The molecular weight excluding hydrogens is 975 g/mol. The lowest BCUT2D eigenvalue weighted by atomic mass is 9.96. The Bertz CT molecular complexity index is 1430. The first-order valence-corrected chi connectivity index (χ1v) is 29.4. The Labute approximate surface area is 448 Å². The van der Waals surface area contributed by atoms with Crippen LogP contribution in [-0.4, -0.2) is 193 Å². The normalized spacial score (nSPS) is 31.2. The van der Waals surface area contributed by atoms with Crippen LogP contribution < -0.4 is 5.32 Å². The van der Waals surface area contributed by atoms with Gasteiger partial charge in [-0.15, -0.1) is 0 Å². The number of carbonyl (C=O) groups excluding carboxylic acids is 1. The van der Waals surface area contributed by atoms with E-state index in [0.29, 0.717) is 6.42 Å². The van der Waals surface area contributed by atoms with Crippen molar-refractivity contribution in [3.05, 3.63) is 12.2 Å². The SMILES string of the molecule is CCCCCCCC/C=C/C(O)C(COC1OC(CO)C(OC2OC(CO)C(OC3OC(CO)C(O)C(O)C3O)C(O)C2O)C(O)C1O)NC(=O)CCCCCCCCCCCCCCCCCCCCCCCC. The van der Waals surface area contributed by atoms with Gasteiger partial charge in [0.2, 0.25) is 5.91 Å². The average molecular weight is 1080 g/mol. The summed E-state index contributed by atoms with van der Waals surface area (Å²) in [4.78, 5) is 13.3. The van der Waals surface area contributed by atoms with Gasteiger partial charge < -0.3 is 89.9 Å². The van der Waals surface area contributed by atoms with Crippen molar-refractivity contribution in [1.29, 1.82) is 0 Å². The fourth-order valence-corrected chi connectivity index (χ4v) is 10.2. The molecule has 0 aliphatic carbocycles.